The molecule has 1 saturated heterocycles. The van der Waals surface area contributed by atoms with Crippen LogP contribution in [0.3, 0.4) is 0 Å². The molecule has 8 nitrogen and oxygen atoms in total. The first kappa shape index (κ1) is 23.7. The van der Waals surface area contributed by atoms with Crippen LogP contribution in [0.25, 0.3) is 10.8 Å². The second-order valence-corrected chi connectivity index (χ2v) is 10.2. The fourth-order valence-corrected chi connectivity index (χ4v) is 6.36. The molecule has 3 aromatic rings. The number of ether oxygens (including phenoxy) is 1. The summed E-state index contributed by atoms with van der Waals surface area (Å²) in [7, 11) is 0. The SMILES string of the molecule is C[C@@H](O)[C@@]12O[C@]13c1cc(O)c4c(c1N[C@H]2C#C/C=C\C#C[C@H]3O)C(=O)c1cc2ccc(CN)cc2cc1C4=O. The van der Waals surface area contributed by atoms with Gasteiger partial charge in [0.2, 0.25) is 0 Å². The van der Waals surface area contributed by atoms with E-state index in [0.29, 0.717) is 6.54 Å². The Morgan fingerprint density at radius 1 is 1.03 bits per heavy atom. The molecule has 2 heterocycles. The average molecular weight is 519 g/mol. The molecule has 0 spiro atoms. The van der Waals surface area contributed by atoms with Crippen LogP contribution in [0.2, 0.25) is 0 Å². The van der Waals surface area contributed by atoms with Crippen LogP contribution >= 0.6 is 0 Å². The van der Waals surface area contributed by atoms with Crippen LogP contribution in [0, 0.1) is 23.7 Å². The van der Waals surface area contributed by atoms with E-state index in [0.717, 1.165) is 16.3 Å². The van der Waals surface area contributed by atoms with Gasteiger partial charge < -0.3 is 31.1 Å². The number of fused-ring (bicyclic) bond motifs is 5. The molecular formula is C31H22N2O6. The van der Waals surface area contributed by atoms with Gasteiger partial charge in [-0.1, -0.05) is 35.8 Å². The zero-order valence-electron chi connectivity index (χ0n) is 20.7. The van der Waals surface area contributed by atoms with Crippen molar-refractivity contribution in [3.05, 3.63) is 81.9 Å². The summed E-state index contributed by atoms with van der Waals surface area (Å²) < 4.78 is 6.19. The first-order chi connectivity index (χ1) is 18.7. The highest BCUT2D eigenvalue weighted by Crippen LogP contribution is 2.67. The van der Waals surface area contributed by atoms with Gasteiger partial charge in [-0.05, 0) is 59.7 Å². The van der Waals surface area contributed by atoms with E-state index in [1.54, 1.807) is 12.1 Å². The monoisotopic (exact) mass is 518 g/mol. The first-order valence-corrected chi connectivity index (χ1v) is 12.5. The molecule has 2 aliphatic heterocycles. The molecule has 8 heteroatoms. The lowest BCUT2D eigenvalue weighted by Crippen LogP contribution is -2.54. The van der Waals surface area contributed by atoms with Gasteiger partial charge in [-0.25, -0.2) is 0 Å². The molecule has 0 aromatic heterocycles. The third kappa shape index (κ3) is 2.84. The number of anilines is 1. The number of aliphatic hydroxyl groups is 2. The fourth-order valence-electron chi connectivity index (χ4n) is 6.36. The first-order valence-electron chi connectivity index (χ1n) is 12.5. The highest BCUT2D eigenvalue weighted by molar-refractivity contribution is 6.32. The maximum absolute atomic E-state index is 14.1. The lowest BCUT2D eigenvalue weighted by molar-refractivity contribution is 0.0867. The Labute approximate surface area is 223 Å². The average Bonchev–Trinajstić information content (AvgIpc) is 3.66. The maximum atomic E-state index is 14.1. The molecule has 3 aromatic carbocycles. The molecule has 0 radical (unpaired) electrons. The normalized spacial score (nSPS) is 28.7. The lowest BCUT2D eigenvalue weighted by atomic mass is 9.69. The smallest absolute Gasteiger partial charge is 0.198 e. The van der Waals surface area contributed by atoms with Crippen LogP contribution in [-0.4, -0.2) is 50.7 Å². The Kier molecular flexibility index (Phi) is 4.73. The van der Waals surface area contributed by atoms with Gasteiger partial charge in [-0.3, -0.25) is 9.59 Å². The van der Waals surface area contributed by atoms with E-state index < -0.39 is 46.8 Å². The molecule has 0 amide bonds. The van der Waals surface area contributed by atoms with E-state index in [2.05, 4.69) is 29.0 Å². The van der Waals surface area contributed by atoms with Crippen LogP contribution in [0.5, 0.6) is 5.75 Å². The molecule has 39 heavy (non-hydrogen) atoms. The summed E-state index contributed by atoms with van der Waals surface area (Å²) in [5, 5.41) is 38.1. The number of carbonyl (C=O) groups is 2. The van der Waals surface area contributed by atoms with E-state index in [-0.39, 0.29) is 33.5 Å². The summed E-state index contributed by atoms with van der Waals surface area (Å²) in [6.07, 6.45) is 0.463. The van der Waals surface area contributed by atoms with Crippen LogP contribution in [0.15, 0.2) is 48.6 Å². The van der Waals surface area contributed by atoms with Gasteiger partial charge in [0.05, 0.1) is 22.9 Å². The number of carbonyl (C=O) groups excluding carboxylic acids is 2. The molecule has 6 N–H and O–H groups in total. The highest BCUT2D eigenvalue weighted by Gasteiger charge is 2.82. The number of phenols is 1. The Hall–Kier alpha value is -4.44. The number of epoxide rings is 1. The van der Waals surface area contributed by atoms with Crippen LogP contribution in [0.1, 0.15) is 49.9 Å². The molecule has 5 atom stereocenters. The molecule has 1 fully saturated rings. The number of ketones is 2. The number of aromatic hydroxyl groups is 1. The predicted octanol–water partition coefficient (Wildman–Crippen LogP) is 1.86. The standard InChI is InChI=1S/C31H22N2O6/c1-15(34)30-23-6-4-2-3-5-7-24(36)31(30,39-30)21-13-22(35)25-26(27(21)33-23)29(38)19-11-17-9-8-16(14-32)10-18(17)12-20(19)28(25)37/h2-3,8-13,15,23-24,33-36H,14,32H2,1H3/b3-2-/t15-,23+,24-,30+,31+/m1/s1. The summed E-state index contributed by atoms with van der Waals surface area (Å²) in [6, 6.07) is 9.33. The number of rotatable bonds is 2. The molecule has 2 aliphatic carbocycles. The van der Waals surface area contributed by atoms with Gasteiger partial charge in [0.1, 0.15) is 11.8 Å². The Morgan fingerprint density at radius 3 is 2.44 bits per heavy atom. The van der Waals surface area contributed by atoms with Gasteiger partial charge in [-0.15, -0.1) is 0 Å². The van der Waals surface area contributed by atoms with Gasteiger partial charge in [0.25, 0.3) is 0 Å². The second kappa shape index (κ2) is 7.79. The van der Waals surface area contributed by atoms with E-state index in [1.165, 1.54) is 25.1 Å². The number of phenolic OH excluding ortho intramolecular Hbond substituents is 1. The zero-order valence-corrected chi connectivity index (χ0v) is 20.7. The zero-order chi connectivity index (χ0) is 27.3. The van der Waals surface area contributed by atoms with Crippen molar-refractivity contribution in [2.45, 2.75) is 42.9 Å². The van der Waals surface area contributed by atoms with Gasteiger partial charge >= 0.3 is 0 Å². The summed E-state index contributed by atoms with van der Waals surface area (Å²) in [5.74, 6) is 9.91. The fraction of sp³-hybridized carbons (Fsp3) is 0.226. The van der Waals surface area contributed by atoms with Gasteiger partial charge in [0, 0.05) is 23.2 Å². The molecule has 7 rings (SSSR count). The number of aliphatic hydroxyl groups excluding tert-OH is 2. The summed E-state index contributed by atoms with van der Waals surface area (Å²) in [5.41, 5.74) is 4.28. The van der Waals surface area contributed by atoms with Crippen LogP contribution < -0.4 is 11.1 Å². The maximum Gasteiger partial charge on any atom is 0.198 e. The number of hydrogen-bond acceptors (Lipinski definition) is 8. The quantitative estimate of drug-likeness (QED) is 0.154. The van der Waals surface area contributed by atoms with Crippen molar-refractivity contribution in [3.8, 4) is 29.4 Å². The summed E-state index contributed by atoms with van der Waals surface area (Å²) in [4.78, 5) is 27.9. The Balaban J connectivity index is 1.50. The Bertz CT molecular complexity index is 1830. The Morgan fingerprint density at radius 2 is 1.72 bits per heavy atom. The van der Waals surface area contributed by atoms with Crippen molar-refractivity contribution in [1.82, 2.24) is 0 Å². The summed E-state index contributed by atoms with van der Waals surface area (Å²) >= 11 is 0. The van der Waals surface area contributed by atoms with Crippen molar-refractivity contribution in [2.24, 2.45) is 5.73 Å². The van der Waals surface area contributed by atoms with E-state index in [1.807, 2.05) is 18.2 Å². The predicted molar refractivity (Wildman–Crippen MR) is 142 cm³/mol. The summed E-state index contributed by atoms with van der Waals surface area (Å²) in [6.45, 7) is 1.85. The largest absolute Gasteiger partial charge is 0.507 e. The number of benzene rings is 3. The molecule has 192 valence electrons. The molecular weight excluding hydrogens is 496 g/mol. The van der Waals surface area contributed by atoms with E-state index in [9.17, 15) is 24.9 Å². The number of nitrogens with one attached hydrogen (secondary N) is 1. The highest BCUT2D eigenvalue weighted by atomic mass is 16.7. The molecule has 4 aliphatic rings. The van der Waals surface area contributed by atoms with Crippen molar-refractivity contribution >= 4 is 28.0 Å². The third-order valence-electron chi connectivity index (χ3n) is 8.22. The van der Waals surface area contributed by atoms with E-state index in [4.69, 9.17) is 10.5 Å². The topological polar surface area (TPSA) is 145 Å². The van der Waals surface area contributed by atoms with Crippen LogP contribution in [-0.2, 0) is 16.9 Å². The second-order valence-electron chi connectivity index (χ2n) is 10.2. The number of hydrogen-bond donors (Lipinski definition) is 5. The van der Waals surface area contributed by atoms with Gasteiger partial charge in [-0.2, -0.15) is 0 Å². The van der Waals surface area contributed by atoms with Gasteiger partial charge in [0.15, 0.2) is 28.9 Å². The minimum absolute atomic E-state index is 0.0333. The third-order valence-corrected chi connectivity index (χ3v) is 8.22. The van der Waals surface area contributed by atoms with Crippen molar-refractivity contribution in [2.75, 3.05) is 5.32 Å². The van der Waals surface area contributed by atoms with Crippen molar-refractivity contribution in [3.63, 3.8) is 0 Å². The molecule has 0 saturated carbocycles. The van der Waals surface area contributed by atoms with Crippen molar-refractivity contribution < 1.29 is 29.6 Å². The molecule has 0 unspecified atom stereocenters. The molecule has 2 bridgehead atoms. The van der Waals surface area contributed by atoms with Crippen LogP contribution in [0.4, 0.5) is 5.69 Å². The van der Waals surface area contributed by atoms with Crippen molar-refractivity contribution in [1.29, 1.82) is 0 Å². The van der Waals surface area contributed by atoms with E-state index >= 15 is 0 Å². The number of nitrogens with two attached hydrogens (primary N) is 1. The minimum atomic E-state index is -1.60. The minimum Gasteiger partial charge on any atom is -0.507 e. The number of allylic oxidation sites excluding steroid dienone is 2. The lowest BCUT2D eigenvalue weighted by Gasteiger charge is -2.37.